The molecule has 2 aliphatic heterocycles. The Morgan fingerprint density at radius 3 is 2.11 bits per heavy atom. The van der Waals surface area contributed by atoms with Crippen molar-refractivity contribution in [3.05, 3.63) is 84.4 Å². The molecule has 0 fully saturated rings. The van der Waals surface area contributed by atoms with Gasteiger partial charge in [0.05, 0.1) is 21.2 Å². The minimum Gasteiger partial charge on any atom is -0.455 e. The van der Waals surface area contributed by atoms with E-state index in [9.17, 15) is 0 Å². The maximum atomic E-state index is 6.41. The highest BCUT2D eigenvalue weighted by molar-refractivity contribution is 8.00. The van der Waals surface area contributed by atoms with Crippen LogP contribution in [0, 0.1) is 5.41 Å². The number of fused-ring (bicyclic) bond motifs is 4. The van der Waals surface area contributed by atoms with Gasteiger partial charge in [0, 0.05) is 15.3 Å². The summed E-state index contributed by atoms with van der Waals surface area (Å²) in [7, 11) is 0. The number of para-hydroxylation sites is 1. The van der Waals surface area contributed by atoms with E-state index in [1.807, 2.05) is 23.5 Å². The number of nitrogens with zero attached hydrogens (tertiary/aromatic N) is 1. The van der Waals surface area contributed by atoms with E-state index < -0.39 is 0 Å². The summed E-state index contributed by atoms with van der Waals surface area (Å²) in [5.41, 5.74) is 6.54. The molecule has 0 radical (unpaired) electrons. The number of hydrogen-bond acceptors (Lipinski definition) is 4. The van der Waals surface area contributed by atoms with E-state index >= 15 is 0 Å². The van der Waals surface area contributed by atoms with Crippen molar-refractivity contribution in [1.82, 2.24) is 0 Å². The molecule has 2 aliphatic rings. The first kappa shape index (κ1) is 24.5. The van der Waals surface area contributed by atoms with Crippen molar-refractivity contribution in [3.63, 3.8) is 0 Å². The molecule has 0 saturated heterocycles. The van der Waals surface area contributed by atoms with Crippen LogP contribution in [0.15, 0.2) is 98.4 Å². The predicted octanol–water partition coefficient (Wildman–Crippen LogP) is 10.6. The number of rotatable bonds is 2. The lowest BCUT2D eigenvalue weighted by Crippen LogP contribution is -2.39. The highest BCUT2D eigenvalue weighted by atomic mass is 32.2. The molecule has 0 atom stereocenters. The lowest BCUT2D eigenvalue weighted by atomic mass is 9.88. The van der Waals surface area contributed by atoms with Gasteiger partial charge in [0.15, 0.2) is 0 Å². The number of hydrogen-bond donors (Lipinski definition) is 0. The molecule has 2 heterocycles. The molecule has 0 bridgehead atoms. The molecule has 0 amide bonds. The van der Waals surface area contributed by atoms with E-state index in [1.54, 1.807) is 0 Å². The van der Waals surface area contributed by atoms with Gasteiger partial charge in [-0.05, 0) is 97.8 Å². The summed E-state index contributed by atoms with van der Waals surface area (Å²) in [5.74, 6) is 1.89. The topological polar surface area (TPSA) is 12.5 Å². The first-order chi connectivity index (χ1) is 17.5. The summed E-state index contributed by atoms with van der Waals surface area (Å²) < 4.78 is 6.41. The van der Waals surface area contributed by atoms with Crippen molar-refractivity contribution in [1.29, 1.82) is 0 Å². The minimum atomic E-state index is -0.0234. The zero-order valence-electron chi connectivity index (χ0n) is 22.4. The van der Waals surface area contributed by atoms with Crippen LogP contribution in [0.5, 0.6) is 11.5 Å². The van der Waals surface area contributed by atoms with Crippen LogP contribution in [-0.4, -0.2) is 5.54 Å². The fourth-order valence-corrected chi connectivity index (χ4v) is 7.28. The molecule has 2 nitrogen and oxygen atoms in total. The van der Waals surface area contributed by atoms with Crippen LogP contribution < -0.4 is 9.64 Å². The third kappa shape index (κ3) is 4.78. The molecule has 4 aromatic rings. The molecule has 0 spiro atoms. The summed E-state index contributed by atoms with van der Waals surface area (Å²) in [6, 6.07) is 28.8. The maximum absolute atomic E-state index is 6.41. The van der Waals surface area contributed by atoms with Crippen molar-refractivity contribution in [2.75, 3.05) is 4.90 Å². The van der Waals surface area contributed by atoms with Gasteiger partial charge in [-0.1, -0.05) is 74.6 Å². The van der Waals surface area contributed by atoms with Gasteiger partial charge in [0.1, 0.15) is 11.5 Å². The van der Waals surface area contributed by atoms with Gasteiger partial charge in [-0.2, -0.15) is 0 Å². The second-order valence-corrected chi connectivity index (χ2v) is 14.3. The number of benzene rings is 4. The van der Waals surface area contributed by atoms with E-state index in [0.717, 1.165) is 17.9 Å². The summed E-state index contributed by atoms with van der Waals surface area (Å²) in [4.78, 5) is 7.43. The second-order valence-electron chi connectivity index (χ2n) is 12.1. The van der Waals surface area contributed by atoms with Gasteiger partial charge in [0.2, 0.25) is 0 Å². The van der Waals surface area contributed by atoms with Crippen LogP contribution in [-0.2, 0) is 6.42 Å². The Bertz CT molecular complexity index is 1510. The largest absolute Gasteiger partial charge is 0.455 e. The Kier molecular flexibility index (Phi) is 5.89. The van der Waals surface area contributed by atoms with Crippen molar-refractivity contribution < 1.29 is 4.74 Å². The van der Waals surface area contributed by atoms with Crippen LogP contribution in [0.25, 0.3) is 11.1 Å². The maximum Gasteiger partial charge on any atom is 0.142 e. The van der Waals surface area contributed by atoms with E-state index in [1.165, 1.54) is 47.6 Å². The molecule has 37 heavy (non-hydrogen) atoms. The molecular formula is C33H33NOS2. The molecule has 188 valence electrons. The highest BCUT2D eigenvalue weighted by Crippen LogP contribution is 2.52. The third-order valence-electron chi connectivity index (χ3n) is 6.66. The van der Waals surface area contributed by atoms with Crippen LogP contribution >= 0.6 is 23.5 Å². The number of anilines is 2. The van der Waals surface area contributed by atoms with E-state index in [0.29, 0.717) is 0 Å². The molecule has 6 rings (SSSR count). The smallest absolute Gasteiger partial charge is 0.142 e. The monoisotopic (exact) mass is 523 g/mol. The quantitative estimate of drug-likeness (QED) is 0.228. The van der Waals surface area contributed by atoms with E-state index in [2.05, 4.69) is 125 Å². The molecule has 0 N–H and O–H groups in total. The first-order valence-corrected chi connectivity index (χ1v) is 14.5. The van der Waals surface area contributed by atoms with Crippen LogP contribution in [0.4, 0.5) is 11.4 Å². The predicted molar refractivity (Wildman–Crippen MR) is 158 cm³/mol. The lowest BCUT2D eigenvalue weighted by Gasteiger charge is -2.42. The summed E-state index contributed by atoms with van der Waals surface area (Å²) in [6.07, 6.45) is 1.06. The lowest BCUT2D eigenvalue weighted by molar-refractivity contribution is 0.409. The average molecular weight is 524 g/mol. The first-order valence-electron chi connectivity index (χ1n) is 12.9. The fraction of sp³-hybridized carbons (Fsp3) is 0.273. The van der Waals surface area contributed by atoms with Crippen molar-refractivity contribution in [3.8, 4) is 22.6 Å². The highest BCUT2D eigenvalue weighted by Gasteiger charge is 2.31. The van der Waals surface area contributed by atoms with Gasteiger partial charge in [0.25, 0.3) is 0 Å². The summed E-state index contributed by atoms with van der Waals surface area (Å²) >= 11 is 3.67. The molecule has 0 aliphatic carbocycles. The Morgan fingerprint density at radius 2 is 1.32 bits per heavy atom. The van der Waals surface area contributed by atoms with E-state index in [4.69, 9.17) is 4.74 Å². The molecule has 4 heteroatoms. The van der Waals surface area contributed by atoms with Crippen molar-refractivity contribution >= 4 is 34.9 Å². The SMILES string of the molecule is CC(C)(C)Cc1ccc2c(c1)Sc1ccc(-c3ccc4c(c3)Sc3ccccc3N4C(C)(C)C)cc1O2. The summed E-state index contributed by atoms with van der Waals surface area (Å²) in [6.45, 7) is 13.7. The number of ether oxygens (including phenoxy) is 1. The zero-order valence-corrected chi connectivity index (χ0v) is 24.0. The third-order valence-corrected chi connectivity index (χ3v) is 8.87. The van der Waals surface area contributed by atoms with Crippen molar-refractivity contribution in [2.45, 2.75) is 73.1 Å². The van der Waals surface area contributed by atoms with Crippen LogP contribution in [0.3, 0.4) is 0 Å². The molecule has 0 unspecified atom stereocenters. The minimum absolute atomic E-state index is 0.0234. The average Bonchev–Trinajstić information content (AvgIpc) is 2.83. The molecular weight excluding hydrogens is 491 g/mol. The van der Waals surface area contributed by atoms with Gasteiger partial charge in [-0.15, -0.1) is 0 Å². The van der Waals surface area contributed by atoms with Gasteiger partial charge in [-0.3, -0.25) is 0 Å². The second kappa shape index (κ2) is 8.89. The van der Waals surface area contributed by atoms with E-state index in [-0.39, 0.29) is 11.0 Å². The Balaban J connectivity index is 1.32. The fourth-order valence-electron chi connectivity index (χ4n) is 5.19. The summed E-state index contributed by atoms with van der Waals surface area (Å²) in [5, 5.41) is 0. The normalized spacial score (nSPS) is 14.3. The van der Waals surface area contributed by atoms with Gasteiger partial charge < -0.3 is 9.64 Å². The Hall–Kier alpha value is -2.82. The molecule has 4 aromatic carbocycles. The molecule has 0 saturated carbocycles. The standard InChI is InChI=1S/C33H33NOS2/c1-32(2,3)20-21-11-15-26-31(17-21)37-29-16-13-22(18-27(29)35-26)23-12-14-25-30(19-23)36-28-10-8-7-9-24(28)34(25)33(4,5)6/h7-19H,20H2,1-6H3. The molecule has 0 aromatic heterocycles. The van der Waals surface area contributed by atoms with Crippen LogP contribution in [0.2, 0.25) is 0 Å². The van der Waals surface area contributed by atoms with Crippen LogP contribution in [0.1, 0.15) is 47.1 Å². The Labute approximate surface area is 229 Å². The van der Waals surface area contributed by atoms with Crippen molar-refractivity contribution in [2.24, 2.45) is 5.41 Å². The Morgan fingerprint density at radius 1 is 0.622 bits per heavy atom. The van der Waals surface area contributed by atoms with Gasteiger partial charge >= 0.3 is 0 Å². The van der Waals surface area contributed by atoms with Gasteiger partial charge in [-0.25, -0.2) is 0 Å². The zero-order chi connectivity index (χ0) is 25.9.